The van der Waals surface area contributed by atoms with Gasteiger partial charge in [-0.05, 0) is 36.3 Å². The molecule has 2 aromatic rings. The minimum absolute atomic E-state index is 0.00754. The standard InChI is InChI=1S/C33H45N5O8/c1-3-21(2)26(19-39)36-31(43)27-15-10-16-38(27)32(44)29(41)24(17-22-11-6-4-7-12-22)35-30(42)25(18-28(34)40)37-33(45)46-20-23-13-8-5-9-14-23/h4-9,11-14,21,24-27,29,39,41H,3,10,15-20H2,1-2H3,(H2,34,40)(H,35,42)(H,36,43)(H,37,45)/t21-,24-,25-,26+,27-,29?/m0/s1. The van der Waals surface area contributed by atoms with Crippen molar-refractivity contribution in [1.29, 1.82) is 0 Å². The van der Waals surface area contributed by atoms with Crippen molar-refractivity contribution < 1.29 is 38.9 Å². The molecule has 1 unspecified atom stereocenters. The fourth-order valence-corrected chi connectivity index (χ4v) is 5.29. The molecule has 0 saturated carbocycles. The van der Waals surface area contributed by atoms with Gasteiger partial charge in [-0.1, -0.05) is 80.9 Å². The van der Waals surface area contributed by atoms with Crippen LogP contribution in [0.5, 0.6) is 0 Å². The van der Waals surface area contributed by atoms with Crippen molar-refractivity contribution in [1.82, 2.24) is 20.9 Å². The molecule has 3 rings (SSSR count). The quantitative estimate of drug-likeness (QED) is 0.155. The van der Waals surface area contributed by atoms with Crippen LogP contribution in [-0.2, 0) is 36.9 Å². The third-order valence-electron chi connectivity index (χ3n) is 8.18. The summed E-state index contributed by atoms with van der Waals surface area (Å²) in [6, 6.07) is 13.7. The number of aliphatic hydroxyl groups excluding tert-OH is 2. The summed E-state index contributed by atoms with van der Waals surface area (Å²) in [5.74, 6) is -2.92. The van der Waals surface area contributed by atoms with Crippen molar-refractivity contribution >= 4 is 29.7 Å². The van der Waals surface area contributed by atoms with Crippen LogP contribution in [0.1, 0.15) is 50.7 Å². The molecule has 0 bridgehead atoms. The van der Waals surface area contributed by atoms with Crippen LogP contribution >= 0.6 is 0 Å². The molecule has 6 atom stereocenters. The summed E-state index contributed by atoms with van der Waals surface area (Å²) in [7, 11) is 0. The van der Waals surface area contributed by atoms with Crippen molar-refractivity contribution in [3.63, 3.8) is 0 Å². The third kappa shape index (κ3) is 10.6. The zero-order valence-corrected chi connectivity index (χ0v) is 26.3. The molecule has 46 heavy (non-hydrogen) atoms. The number of carbonyl (C=O) groups excluding carboxylic acids is 5. The summed E-state index contributed by atoms with van der Waals surface area (Å²) in [5, 5.41) is 28.9. The van der Waals surface area contributed by atoms with Crippen LogP contribution in [0.25, 0.3) is 0 Å². The first-order chi connectivity index (χ1) is 22.0. The minimum Gasteiger partial charge on any atom is -0.445 e. The van der Waals surface area contributed by atoms with Gasteiger partial charge in [0.1, 0.15) is 18.7 Å². The van der Waals surface area contributed by atoms with Crippen LogP contribution in [0, 0.1) is 5.92 Å². The fourth-order valence-electron chi connectivity index (χ4n) is 5.29. The van der Waals surface area contributed by atoms with E-state index in [1.165, 1.54) is 4.90 Å². The van der Waals surface area contributed by atoms with Gasteiger partial charge in [-0.15, -0.1) is 0 Å². The van der Waals surface area contributed by atoms with Gasteiger partial charge in [-0.25, -0.2) is 4.79 Å². The Balaban J connectivity index is 1.76. The van der Waals surface area contributed by atoms with Crippen LogP contribution < -0.4 is 21.7 Å². The Labute approximate surface area is 268 Å². The molecule has 2 aromatic carbocycles. The van der Waals surface area contributed by atoms with Gasteiger partial charge in [0, 0.05) is 6.54 Å². The van der Waals surface area contributed by atoms with Gasteiger partial charge in [0.15, 0.2) is 6.10 Å². The van der Waals surface area contributed by atoms with Crippen LogP contribution in [0.2, 0.25) is 0 Å². The number of nitrogens with one attached hydrogen (secondary N) is 3. The summed E-state index contributed by atoms with van der Waals surface area (Å²) in [6.45, 7) is 3.73. The Kier molecular flexibility index (Phi) is 14.0. The zero-order chi connectivity index (χ0) is 33.6. The van der Waals surface area contributed by atoms with Crippen LogP contribution in [0.3, 0.4) is 0 Å². The zero-order valence-electron chi connectivity index (χ0n) is 26.3. The van der Waals surface area contributed by atoms with E-state index in [4.69, 9.17) is 10.5 Å². The van der Waals surface area contributed by atoms with E-state index in [0.29, 0.717) is 24.0 Å². The molecule has 5 amide bonds. The van der Waals surface area contributed by atoms with Gasteiger partial charge >= 0.3 is 6.09 Å². The monoisotopic (exact) mass is 639 g/mol. The number of ether oxygens (including phenoxy) is 1. The number of amides is 5. The number of hydrogen-bond acceptors (Lipinski definition) is 8. The second kappa shape index (κ2) is 17.9. The minimum atomic E-state index is -1.78. The first kappa shape index (κ1) is 36.0. The summed E-state index contributed by atoms with van der Waals surface area (Å²) >= 11 is 0. The van der Waals surface area contributed by atoms with Crippen LogP contribution in [-0.4, -0.2) is 88.3 Å². The number of nitrogens with zero attached hydrogens (tertiary/aromatic N) is 1. The maximum absolute atomic E-state index is 13.7. The van der Waals surface area contributed by atoms with E-state index < -0.39 is 66.4 Å². The second-order valence-electron chi connectivity index (χ2n) is 11.6. The number of hydrogen-bond donors (Lipinski definition) is 6. The van der Waals surface area contributed by atoms with Gasteiger partial charge in [0.2, 0.25) is 17.7 Å². The number of likely N-dealkylation sites (tertiary alicyclic amines) is 1. The molecule has 1 aliphatic heterocycles. The number of alkyl carbamates (subject to hydrolysis) is 1. The molecule has 0 spiro atoms. The summed E-state index contributed by atoms with van der Waals surface area (Å²) in [6.07, 6.45) is -1.67. The highest BCUT2D eigenvalue weighted by molar-refractivity contribution is 5.93. The van der Waals surface area contributed by atoms with Crippen molar-refractivity contribution in [2.24, 2.45) is 11.7 Å². The Bertz CT molecular complexity index is 1310. The Morgan fingerprint density at radius 3 is 2.17 bits per heavy atom. The SMILES string of the molecule is CC[C@H](C)[C@@H](CO)NC(=O)[C@@H]1CCCN1C(=O)C(O)[C@H](Cc1ccccc1)NC(=O)[C@H](CC(N)=O)NC(=O)OCc1ccccc1. The molecule has 1 aliphatic rings. The van der Waals surface area contributed by atoms with Gasteiger partial charge < -0.3 is 41.5 Å². The summed E-state index contributed by atoms with van der Waals surface area (Å²) in [4.78, 5) is 66.0. The third-order valence-corrected chi connectivity index (χ3v) is 8.18. The van der Waals surface area contributed by atoms with E-state index in [2.05, 4.69) is 16.0 Å². The predicted octanol–water partition coefficient (Wildman–Crippen LogP) is 0.759. The molecule has 13 nitrogen and oxygen atoms in total. The normalized spacial score (nSPS) is 17.6. The van der Waals surface area contributed by atoms with E-state index in [1.807, 2.05) is 13.8 Å². The van der Waals surface area contributed by atoms with E-state index in [0.717, 1.165) is 6.42 Å². The lowest BCUT2D eigenvalue weighted by Crippen LogP contribution is -2.59. The molecule has 1 heterocycles. The molecule has 0 aliphatic carbocycles. The number of aliphatic hydroxyl groups is 2. The smallest absolute Gasteiger partial charge is 0.408 e. The van der Waals surface area contributed by atoms with Crippen molar-refractivity contribution in [3.05, 3.63) is 71.8 Å². The number of rotatable bonds is 16. The van der Waals surface area contributed by atoms with E-state index in [-0.39, 0.29) is 32.1 Å². The lowest BCUT2D eigenvalue weighted by atomic mass is 9.98. The molecule has 13 heteroatoms. The van der Waals surface area contributed by atoms with Gasteiger partial charge in [-0.3, -0.25) is 19.2 Å². The Morgan fingerprint density at radius 2 is 1.59 bits per heavy atom. The van der Waals surface area contributed by atoms with E-state index in [9.17, 15) is 34.2 Å². The first-order valence-corrected chi connectivity index (χ1v) is 15.5. The maximum atomic E-state index is 13.7. The summed E-state index contributed by atoms with van der Waals surface area (Å²) in [5.41, 5.74) is 6.76. The molecule has 250 valence electrons. The molecule has 1 saturated heterocycles. The first-order valence-electron chi connectivity index (χ1n) is 15.5. The molecule has 0 radical (unpaired) electrons. The topological polar surface area (TPSA) is 200 Å². The number of primary amides is 1. The Morgan fingerprint density at radius 1 is 0.957 bits per heavy atom. The van der Waals surface area contributed by atoms with E-state index >= 15 is 0 Å². The molecule has 0 aromatic heterocycles. The molecular weight excluding hydrogens is 594 g/mol. The highest BCUT2D eigenvalue weighted by Gasteiger charge is 2.41. The van der Waals surface area contributed by atoms with Gasteiger partial charge in [0.05, 0.1) is 25.1 Å². The van der Waals surface area contributed by atoms with Crippen molar-refractivity contribution in [2.75, 3.05) is 13.2 Å². The average molecular weight is 640 g/mol. The largest absolute Gasteiger partial charge is 0.445 e. The molecule has 7 N–H and O–H groups in total. The summed E-state index contributed by atoms with van der Waals surface area (Å²) < 4.78 is 5.19. The lowest BCUT2D eigenvalue weighted by molar-refractivity contribution is -0.147. The maximum Gasteiger partial charge on any atom is 0.408 e. The van der Waals surface area contributed by atoms with Crippen molar-refractivity contribution in [3.8, 4) is 0 Å². The van der Waals surface area contributed by atoms with Crippen LogP contribution in [0.4, 0.5) is 4.79 Å². The number of nitrogens with two attached hydrogens (primary N) is 1. The molecule has 1 fully saturated rings. The fraction of sp³-hybridized carbons (Fsp3) is 0.485. The molecular formula is C33H45N5O8. The second-order valence-corrected chi connectivity index (χ2v) is 11.6. The number of benzene rings is 2. The Hall–Kier alpha value is -4.49. The highest BCUT2D eigenvalue weighted by Crippen LogP contribution is 2.21. The van der Waals surface area contributed by atoms with E-state index in [1.54, 1.807) is 60.7 Å². The van der Waals surface area contributed by atoms with Gasteiger partial charge in [0.25, 0.3) is 5.91 Å². The lowest BCUT2D eigenvalue weighted by Gasteiger charge is -2.32. The van der Waals surface area contributed by atoms with Crippen LogP contribution in [0.15, 0.2) is 60.7 Å². The predicted molar refractivity (Wildman–Crippen MR) is 169 cm³/mol. The highest BCUT2D eigenvalue weighted by atomic mass is 16.5. The van der Waals surface area contributed by atoms with Crippen molar-refractivity contribution in [2.45, 2.75) is 82.8 Å². The van der Waals surface area contributed by atoms with Gasteiger partial charge in [-0.2, -0.15) is 0 Å². The number of carbonyl (C=O) groups is 5. The average Bonchev–Trinajstić information content (AvgIpc) is 3.55.